The maximum absolute atomic E-state index is 12.6. The summed E-state index contributed by atoms with van der Waals surface area (Å²) in [5.41, 5.74) is 0. The largest absolute Gasteiger partial charge is 0.340 e. The molecule has 0 unspecified atom stereocenters. The number of carbonyl (C=O) groups is 1. The van der Waals surface area contributed by atoms with Crippen LogP contribution in [-0.4, -0.2) is 49.7 Å². The summed E-state index contributed by atoms with van der Waals surface area (Å²) in [6.07, 6.45) is 0.945. The molecule has 23 heavy (non-hydrogen) atoms. The van der Waals surface area contributed by atoms with Crippen LogP contribution in [0.2, 0.25) is 10.0 Å². The van der Waals surface area contributed by atoms with Crippen LogP contribution in [-0.2, 0) is 14.8 Å². The number of piperazine rings is 1. The molecule has 0 spiro atoms. The van der Waals surface area contributed by atoms with E-state index in [0.717, 1.165) is 6.42 Å². The number of sulfonamides is 1. The molecule has 8 heteroatoms. The fraction of sp³-hybridized carbons (Fsp3) is 0.533. The van der Waals surface area contributed by atoms with E-state index in [1.54, 1.807) is 4.90 Å². The Morgan fingerprint density at radius 2 is 1.74 bits per heavy atom. The molecule has 1 aromatic rings. The SMILES string of the molecule is C[C@H]1C[C@H]1C(=O)N1CCN(S(=O)(=O)c2ccc(Cl)c(Cl)c2)CC1. The molecule has 2 atom stereocenters. The summed E-state index contributed by atoms with van der Waals surface area (Å²) < 4.78 is 26.7. The molecule has 1 saturated carbocycles. The Morgan fingerprint density at radius 1 is 1.13 bits per heavy atom. The summed E-state index contributed by atoms with van der Waals surface area (Å²) in [7, 11) is -3.61. The van der Waals surface area contributed by atoms with Gasteiger partial charge in [0.2, 0.25) is 15.9 Å². The number of carbonyl (C=O) groups excluding carboxylic acids is 1. The lowest BCUT2D eigenvalue weighted by atomic mass is 10.2. The van der Waals surface area contributed by atoms with Gasteiger partial charge in [0.25, 0.3) is 0 Å². The molecule has 1 aromatic carbocycles. The van der Waals surface area contributed by atoms with E-state index in [-0.39, 0.29) is 21.7 Å². The summed E-state index contributed by atoms with van der Waals surface area (Å²) in [5, 5.41) is 0.531. The standard InChI is InChI=1S/C15H18Cl2N2O3S/c1-10-8-12(10)15(20)18-4-6-19(7-5-18)23(21,22)11-2-3-13(16)14(17)9-11/h2-3,9-10,12H,4-8H2,1H3/t10-,12+/m0/s1. The van der Waals surface area contributed by atoms with Gasteiger partial charge >= 0.3 is 0 Å². The summed E-state index contributed by atoms with van der Waals surface area (Å²) in [5.74, 6) is 0.748. The zero-order valence-corrected chi connectivity index (χ0v) is 15.0. The van der Waals surface area contributed by atoms with Gasteiger partial charge in [0, 0.05) is 32.1 Å². The Labute approximate surface area is 146 Å². The van der Waals surface area contributed by atoms with E-state index in [1.165, 1.54) is 22.5 Å². The minimum Gasteiger partial charge on any atom is -0.340 e. The second-order valence-corrected chi connectivity index (χ2v) is 8.88. The Hall–Kier alpha value is -0.820. The average molecular weight is 377 g/mol. The van der Waals surface area contributed by atoms with Crippen LogP contribution in [0.25, 0.3) is 0 Å². The average Bonchev–Trinajstić information content (AvgIpc) is 3.26. The zero-order chi connectivity index (χ0) is 16.8. The highest BCUT2D eigenvalue weighted by Gasteiger charge is 2.42. The first-order valence-corrected chi connectivity index (χ1v) is 9.74. The molecule has 0 bridgehead atoms. The van der Waals surface area contributed by atoms with Crippen LogP contribution < -0.4 is 0 Å². The fourth-order valence-electron chi connectivity index (χ4n) is 2.84. The highest BCUT2D eigenvalue weighted by Crippen LogP contribution is 2.39. The van der Waals surface area contributed by atoms with E-state index >= 15 is 0 Å². The summed E-state index contributed by atoms with van der Waals surface area (Å²) in [4.78, 5) is 14.1. The lowest BCUT2D eigenvalue weighted by Gasteiger charge is -2.34. The molecular weight excluding hydrogens is 359 g/mol. The van der Waals surface area contributed by atoms with Gasteiger partial charge in [-0.15, -0.1) is 0 Å². The molecule has 2 fully saturated rings. The van der Waals surface area contributed by atoms with Gasteiger partial charge in [-0.3, -0.25) is 4.79 Å². The zero-order valence-electron chi connectivity index (χ0n) is 12.7. The Balaban J connectivity index is 1.68. The number of hydrogen-bond acceptors (Lipinski definition) is 3. The number of benzene rings is 1. The predicted octanol–water partition coefficient (Wildman–Crippen LogP) is 2.48. The first-order valence-electron chi connectivity index (χ1n) is 7.54. The third kappa shape index (κ3) is 3.36. The van der Waals surface area contributed by atoms with Crippen molar-refractivity contribution in [2.24, 2.45) is 11.8 Å². The van der Waals surface area contributed by atoms with Gasteiger partial charge in [0.05, 0.1) is 14.9 Å². The van der Waals surface area contributed by atoms with Gasteiger partial charge in [-0.2, -0.15) is 4.31 Å². The van der Waals surface area contributed by atoms with Gasteiger partial charge in [0.15, 0.2) is 0 Å². The van der Waals surface area contributed by atoms with Crippen LogP contribution in [0.3, 0.4) is 0 Å². The molecule has 1 amide bonds. The van der Waals surface area contributed by atoms with E-state index in [1.807, 2.05) is 0 Å². The number of nitrogens with zero attached hydrogens (tertiary/aromatic N) is 2. The summed E-state index contributed by atoms with van der Waals surface area (Å²) in [6, 6.07) is 4.29. The molecule has 1 saturated heterocycles. The molecule has 1 aliphatic carbocycles. The van der Waals surface area contributed by atoms with Crippen molar-refractivity contribution in [3.8, 4) is 0 Å². The molecule has 0 radical (unpaired) electrons. The number of rotatable bonds is 3. The molecule has 1 heterocycles. The highest BCUT2D eigenvalue weighted by atomic mass is 35.5. The van der Waals surface area contributed by atoms with Crippen LogP contribution in [0.5, 0.6) is 0 Å². The van der Waals surface area contributed by atoms with Gasteiger partial charge in [0.1, 0.15) is 0 Å². The lowest BCUT2D eigenvalue weighted by Crippen LogP contribution is -2.51. The normalized spacial score (nSPS) is 25.4. The third-order valence-electron chi connectivity index (χ3n) is 4.51. The van der Waals surface area contributed by atoms with E-state index in [2.05, 4.69) is 6.92 Å². The van der Waals surface area contributed by atoms with Crippen molar-refractivity contribution >= 4 is 39.1 Å². The number of halogens is 2. The second kappa shape index (κ2) is 6.24. The van der Waals surface area contributed by atoms with Gasteiger partial charge in [-0.1, -0.05) is 30.1 Å². The van der Waals surface area contributed by atoms with Crippen LogP contribution in [0.1, 0.15) is 13.3 Å². The quantitative estimate of drug-likeness (QED) is 0.813. The molecule has 126 valence electrons. The van der Waals surface area contributed by atoms with E-state index in [9.17, 15) is 13.2 Å². The monoisotopic (exact) mass is 376 g/mol. The molecule has 1 aliphatic heterocycles. The highest BCUT2D eigenvalue weighted by molar-refractivity contribution is 7.89. The maximum atomic E-state index is 12.6. The molecular formula is C15H18Cl2N2O3S. The number of hydrogen-bond donors (Lipinski definition) is 0. The lowest BCUT2D eigenvalue weighted by molar-refractivity contribution is -0.134. The smallest absolute Gasteiger partial charge is 0.243 e. The Bertz CT molecular complexity index is 730. The van der Waals surface area contributed by atoms with Crippen molar-refractivity contribution in [1.82, 2.24) is 9.21 Å². The molecule has 2 aliphatic rings. The molecule has 0 aromatic heterocycles. The van der Waals surface area contributed by atoms with Gasteiger partial charge in [-0.05, 0) is 30.5 Å². The molecule has 5 nitrogen and oxygen atoms in total. The fourth-order valence-corrected chi connectivity index (χ4v) is 4.65. The number of amides is 1. The predicted molar refractivity (Wildman–Crippen MR) is 89.1 cm³/mol. The van der Waals surface area contributed by atoms with Crippen molar-refractivity contribution in [3.05, 3.63) is 28.2 Å². The Morgan fingerprint density at radius 3 is 2.26 bits per heavy atom. The topological polar surface area (TPSA) is 57.7 Å². The van der Waals surface area contributed by atoms with E-state index in [0.29, 0.717) is 37.1 Å². The van der Waals surface area contributed by atoms with Crippen molar-refractivity contribution in [3.63, 3.8) is 0 Å². The second-order valence-electron chi connectivity index (χ2n) is 6.12. The molecule has 3 rings (SSSR count). The van der Waals surface area contributed by atoms with Gasteiger partial charge < -0.3 is 4.90 Å². The van der Waals surface area contributed by atoms with Crippen LogP contribution >= 0.6 is 23.2 Å². The van der Waals surface area contributed by atoms with Crippen molar-refractivity contribution < 1.29 is 13.2 Å². The first kappa shape index (κ1) is 17.0. The Kier molecular flexibility index (Phi) is 4.62. The summed E-state index contributed by atoms with van der Waals surface area (Å²) in [6.45, 7) is 3.53. The summed E-state index contributed by atoms with van der Waals surface area (Å²) >= 11 is 11.7. The van der Waals surface area contributed by atoms with Crippen molar-refractivity contribution in [1.29, 1.82) is 0 Å². The third-order valence-corrected chi connectivity index (χ3v) is 7.14. The maximum Gasteiger partial charge on any atom is 0.243 e. The van der Waals surface area contributed by atoms with Crippen LogP contribution in [0, 0.1) is 11.8 Å². The van der Waals surface area contributed by atoms with E-state index < -0.39 is 10.0 Å². The van der Waals surface area contributed by atoms with E-state index in [4.69, 9.17) is 23.2 Å². The van der Waals surface area contributed by atoms with Crippen molar-refractivity contribution in [2.75, 3.05) is 26.2 Å². The minimum atomic E-state index is -3.61. The van der Waals surface area contributed by atoms with Gasteiger partial charge in [-0.25, -0.2) is 8.42 Å². The van der Waals surface area contributed by atoms with Crippen LogP contribution in [0.15, 0.2) is 23.1 Å². The van der Waals surface area contributed by atoms with Crippen LogP contribution in [0.4, 0.5) is 0 Å². The van der Waals surface area contributed by atoms with Crippen molar-refractivity contribution in [2.45, 2.75) is 18.2 Å². The molecule has 0 N–H and O–H groups in total. The first-order chi connectivity index (χ1) is 10.8. The minimum absolute atomic E-state index is 0.127.